The van der Waals surface area contributed by atoms with E-state index in [9.17, 15) is 0 Å². The van der Waals surface area contributed by atoms with Crippen molar-refractivity contribution >= 4 is 23.3 Å². The summed E-state index contributed by atoms with van der Waals surface area (Å²) < 4.78 is 4.11. The Balaban J connectivity index is 2.38. The molecule has 3 aromatic rings. The zero-order chi connectivity index (χ0) is 12.7. The van der Waals surface area contributed by atoms with Gasteiger partial charge >= 0.3 is 0 Å². The fourth-order valence-electron chi connectivity index (χ4n) is 1.92. The summed E-state index contributed by atoms with van der Waals surface area (Å²) in [5.41, 5.74) is 2.35. The number of aromatic amines is 1. The van der Waals surface area contributed by atoms with Gasteiger partial charge in [0.05, 0.1) is 22.7 Å². The number of nitrogens with one attached hydrogen (secondary N) is 1. The van der Waals surface area contributed by atoms with E-state index in [1.54, 1.807) is 16.8 Å². The van der Waals surface area contributed by atoms with Gasteiger partial charge in [-0.2, -0.15) is 10.4 Å². The van der Waals surface area contributed by atoms with E-state index in [1.165, 1.54) is 0 Å². The normalized spacial score (nSPS) is 10.7. The SMILES string of the molecule is Cn1ccc(-n2c(=S)[nH]c3ccc(C#N)cc32)n1. The van der Waals surface area contributed by atoms with E-state index in [-0.39, 0.29) is 0 Å². The van der Waals surface area contributed by atoms with Crippen LogP contribution in [0.15, 0.2) is 30.5 Å². The van der Waals surface area contributed by atoms with E-state index in [1.807, 2.05) is 29.9 Å². The van der Waals surface area contributed by atoms with E-state index < -0.39 is 0 Å². The largest absolute Gasteiger partial charge is 0.330 e. The summed E-state index contributed by atoms with van der Waals surface area (Å²) in [5.74, 6) is 0.740. The minimum absolute atomic E-state index is 0.568. The average molecular weight is 255 g/mol. The summed E-state index contributed by atoms with van der Waals surface area (Å²) in [4.78, 5) is 3.11. The molecule has 0 unspecified atom stereocenters. The van der Waals surface area contributed by atoms with Crippen molar-refractivity contribution in [2.75, 3.05) is 0 Å². The molecule has 0 aliphatic rings. The third-order valence-electron chi connectivity index (χ3n) is 2.74. The zero-order valence-electron chi connectivity index (χ0n) is 9.58. The van der Waals surface area contributed by atoms with Gasteiger partial charge in [-0.15, -0.1) is 0 Å². The first-order valence-corrected chi connectivity index (χ1v) is 5.75. The second kappa shape index (κ2) is 3.82. The monoisotopic (exact) mass is 255 g/mol. The molecule has 0 saturated carbocycles. The predicted molar refractivity (Wildman–Crippen MR) is 69.9 cm³/mol. The lowest BCUT2D eigenvalue weighted by atomic mass is 10.2. The number of aryl methyl sites for hydroxylation is 1. The van der Waals surface area contributed by atoms with Crippen molar-refractivity contribution in [1.82, 2.24) is 19.3 Å². The van der Waals surface area contributed by atoms with Crippen LogP contribution in [-0.2, 0) is 7.05 Å². The molecule has 0 radical (unpaired) electrons. The minimum atomic E-state index is 0.568. The van der Waals surface area contributed by atoms with Gasteiger partial charge in [0.1, 0.15) is 0 Å². The molecular weight excluding hydrogens is 246 g/mol. The summed E-state index contributed by atoms with van der Waals surface area (Å²) in [6.07, 6.45) is 1.85. The van der Waals surface area contributed by atoms with Crippen molar-refractivity contribution in [3.63, 3.8) is 0 Å². The van der Waals surface area contributed by atoms with Crippen LogP contribution in [0.4, 0.5) is 0 Å². The molecule has 1 N–H and O–H groups in total. The first-order chi connectivity index (χ1) is 8.69. The predicted octanol–water partition coefficient (Wildman–Crippen LogP) is 2.29. The number of H-pyrrole nitrogens is 1. The van der Waals surface area contributed by atoms with Crippen molar-refractivity contribution in [3.05, 3.63) is 40.8 Å². The van der Waals surface area contributed by atoms with Gasteiger partial charge in [-0.1, -0.05) is 0 Å². The molecule has 88 valence electrons. The first-order valence-electron chi connectivity index (χ1n) is 5.34. The molecule has 0 aliphatic heterocycles. The van der Waals surface area contributed by atoms with Gasteiger partial charge < -0.3 is 4.98 Å². The third-order valence-corrected chi connectivity index (χ3v) is 3.03. The summed E-state index contributed by atoms with van der Waals surface area (Å²) in [6, 6.07) is 9.42. The number of benzene rings is 1. The zero-order valence-corrected chi connectivity index (χ0v) is 10.4. The Morgan fingerprint density at radius 2 is 2.22 bits per heavy atom. The van der Waals surface area contributed by atoms with Crippen molar-refractivity contribution in [2.45, 2.75) is 0 Å². The molecule has 5 nitrogen and oxygen atoms in total. The van der Waals surface area contributed by atoms with Crippen molar-refractivity contribution in [1.29, 1.82) is 5.26 Å². The number of imidazole rings is 1. The highest BCUT2D eigenvalue weighted by Crippen LogP contribution is 2.19. The molecule has 18 heavy (non-hydrogen) atoms. The Labute approximate surface area is 108 Å². The summed E-state index contributed by atoms with van der Waals surface area (Å²) >= 11 is 5.30. The van der Waals surface area contributed by atoms with Crippen LogP contribution in [-0.4, -0.2) is 19.3 Å². The van der Waals surface area contributed by atoms with Gasteiger partial charge in [-0.05, 0) is 30.4 Å². The van der Waals surface area contributed by atoms with Crippen LogP contribution in [0.2, 0.25) is 0 Å². The molecule has 0 spiro atoms. The second-order valence-electron chi connectivity index (χ2n) is 3.96. The minimum Gasteiger partial charge on any atom is -0.330 e. The van der Waals surface area contributed by atoms with Gasteiger partial charge in [0.15, 0.2) is 10.6 Å². The van der Waals surface area contributed by atoms with Gasteiger partial charge in [-0.3, -0.25) is 9.25 Å². The first kappa shape index (κ1) is 10.7. The highest BCUT2D eigenvalue weighted by molar-refractivity contribution is 7.71. The smallest absolute Gasteiger partial charge is 0.184 e. The van der Waals surface area contributed by atoms with E-state index in [2.05, 4.69) is 16.2 Å². The van der Waals surface area contributed by atoms with Gasteiger partial charge in [0.25, 0.3) is 0 Å². The Bertz CT molecular complexity index is 830. The van der Waals surface area contributed by atoms with Crippen LogP contribution in [0.25, 0.3) is 16.9 Å². The van der Waals surface area contributed by atoms with E-state index in [0.717, 1.165) is 16.9 Å². The van der Waals surface area contributed by atoms with Crippen molar-refractivity contribution < 1.29 is 0 Å². The molecular formula is C12H9N5S. The maximum Gasteiger partial charge on any atom is 0.184 e. The molecule has 0 fully saturated rings. The quantitative estimate of drug-likeness (QED) is 0.679. The molecule has 2 aromatic heterocycles. The Kier molecular flexibility index (Phi) is 2.28. The molecule has 2 heterocycles. The number of rotatable bonds is 1. The Morgan fingerprint density at radius 1 is 1.39 bits per heavy atom. The average Bonchev–Trinajstić information content (AvgIpc) is 2.90. The highest BCUT2D eigenvalue weighted by Gasteiger charge is 2.09. The molecule has 6 heteroatoms. The maximum absolute atomic E-state index is 8.95. The maximum atomic E-state index is 8.95. The standard InChI is InChI=1S/C12H9N5S/c1-16-5-4-11(15-16)17-10-6-8(7-13)2-3-9(10)14-12(17)18/h2-6H,1H3,(H,14,18). The van der Waals surface area contributed by atoms with Crippen LogP contribution in [0.1, 0.15) is 5.56 Å². The van der Waals surface area contributed by atoms with Gasteiger partial charge in [0.2, 0.25) is 0 Å². The molecule has 3 rings (SSSR count). The molecule has 0 aliphatic carbocycles. The van der Waals surface area contributed by atoms with Crippen LogP contribution < -0.4 is 0 Å². The van der Waals surface area contributed by atoms with Crippen LogP contribution >= 0.6 is 12.2 Å². The van der Waals surface area contributed by atoms with Crippen LogP contribution in [0.3, 0.4) is 0 Å². The summed E-state index contributed by atoms with van der Waals surface area (Å²) in [7, 11) is 1.85. The fraction of sp³-hybridized carbons (Fsp3) is 0.0833. The fourth-order valence-corrected chi connectivity index (χ4v) is 2.22. The lowest BCUT2D eigenvalue weighted by Gasteiger charge is -1.99. The highest BCUT2D eigenvalue weighted by atomic mass is 32.1. The van der Waals surface area contributed by atoms with E-state index in [0.29, 0.717) is 10.3 Å². The van der Waals surface area contributed by atoms with E-state index in [4.69, 9.17) is 17.5 Å². The topological polar surface area (TPSA) is 62.3 Å². The van der Waals surface area contributed by atoms with E-state index >= 15 is 0 Å². The Hall–Kier alpha value is -2.39. The summed E-state index contributed by atoms with van der Waals surface area (Å²) in [6.45, 7) is 0. The Morgan fingerprint density at radius 3 is 2.89 bits per heavy atom. The lowest BCUT2D eigenvalue weighted by molar-refractivity contribution is 0.752. The number of nitrogens with zero attached hydrogens (tertiary/aromatic N) is 4. The summed E-state index contributed by atoms with van der Waals surface area (Å²) in [5, 5.41) is 13.3. The number of aromatic nitrogens is 4. The number of hydrogen-bond acceptors (Lipinski definition) is 3. The number of nitriles is 1. The molecule has 0 atom stereocenters. The number of hydrogen-bond donors (Lipinski definition) is 1. The van der Waals surface area contributed by atoms with Crippen molar-refractivity contribution in [2.24, 2.45) is 7.05 Å². The van der Waals surface area contributed by atoms with Gasteiger partial charge in [0, 0.05) is 19.3 Å². The lowest BCUT2D eigenvalue weighted by Crippen LogP contribution is -1.97. The molecule has 0 saturated heterocycles. The van der Waals surface area contributed by atoms with Crippen LogP contribution in [0, 0.1) is 16.1 Å². The van der Waals surface area contributed by atoms with Crippen molar-refractivity contribution in [3.8, 4) is 11.9 Å². The second-order valence-corrected chi connectivity index (χ2v) is 4.34. The molecule has 1 aromatic carbocycles. The van der Waals surface area contributed by atoms with Crippen LogP contribution in [0.5, 0.6) is 0 Å². The number of fused-ring (bicyclic) bond motifs is 1. The molecule has 0 amide bonds. The molecule has 0 bridgehead atoms. The third kappa shape index (κ3) is 1.53. The van der Waals surface area contributed by atoms with Gasteiger partial charge in [-0.25, -0.2) is 0 Å².